The zero-order valence-corrected chi connectivity index (χ0v) is 12.4. The Morgan fingerprint density at radius 3 is 2.58 bits per heavy atom. The van der Waals surface area contributed by atoms with Crippen molar-refractivity contribution in [1.29, 1.82) is 5.26 Å². The molecule has 1 aromatic rings. The molecule has 1 aromatic carbocycles. The van der Waals surface area contributed by atoms with Gasteiger partial charge in [-0.05, 0) is 44.0 Å². The van der Waals surface area contributed by atoms with E-state index in [-0.39, 0.29) is 0 Å². The van der Waals surface area contributed by atoms with Crippen molar-refractivity contribution >= 4 is 5.69 Å². The number of nitrogens with zero attached hydrogens (tertiary/aromatic N) is 2. The third-order valence-electron chi connectivity index (χ3n) is 3.15. The molecule has 1 N–H and O–H groups in total. The highest BCUT2D eigenvalue weighted by Crippen LogP contribution is 2.21. The lowest BCUT2D eigenvalue weighted by Crippen LogP contribution is -2.24. The summed E-state index contributed by atoms with van der Waals surface area (Å²) in [6.07, 6.45) is 2.22. The summed E-state index contributed by atoms with van der Waals surface area (Å²) in [5.74, 6) is 0. The lowest BCUT2D eigenvalue weighted by atomic mass is 10.1. The van der Waals surface area contributed by atoms with Crippen molar-refractivity contribution in [3.05, 3.63) is 29.3 Å². The molecule has 1 rings (SSSR count). The van der Waals surface area contributed by atoms with E-state index in [0.29, 0.717) is 0 Å². The molecule has 0 bridgehead atoms. The number of nitriles is 1. The van der Waals surface area contributed by atoms with Crippen molar-refractivity contribution in [2.75, 3.05) is 24.5 Å². The molecule has 0 saturated carbocycles. The highest BCUT2D eigenvalue weighted by Gasteiger charge is 2.09. The number of benzene rings is 1. The summed E-state index contributed by atoms with van der Waals surface area (Å²) in [4.78, 5) is 2.27. The Morgan fingerprint density at radius 1 is 1.21 bits per heavy atom. The fraction of sp³-hybridized carbons (Fsp3) is 0.562. The number of rotatable bonds is 8. The smallest absolute Gasteiger partial charge is 0.101 e. The van der Waals surface area contributed by atoms with Gasteiger partial charge < -0.3 is 10.2 Å². The minimum absolute atomic E-state index is 0.783. The van der Waals surface area contributed by atoms with E-state index in [9.17, 15) is 5.26 Å². The topological polar surface area (TPSA) is 39.1 Å². The third kappa shape index (κ3) is 4.57. The van der Waals surface area contributed by atoms with Crippen molar-refractivity contribution in [3.8, 4) is 6.07 Å². The molecule has 0 unspecified atom stereocenters. The van der Waals surface area contributed by atoms with Crippen LogP contribution in [0.25, 0.3) is 0 Å². The van der Waals surface area contributed by atoms with Gasteiger partial charge >= 0.3 is 0 Å². The average molecular weight is 259 g/mol. The summed E-state index contributed by atoms with van der Waals surface area (Å²) in [5, 5.41) is 12.7. The van der Waals surface area contributed by atoms with Crippen molar-refractivity contribution < 1.29 is 0 Å². The fourth-order valence-electron chi connectivity index (χ4n) is 2.19. The Balaban J connectivity index is 2.86. The van der Waals surface area contributed by atoms with Crippen molar-refractivity contribution in [1.82, 2.24) is 5.32 Å². The summed E-state index contributed by atoms with van der Waals surface area (Å²) < 4.78 is 0. The third-order valence-corrected chi connectivity index (χ3v) is 3.15. The van der Waals surface area contributed by atoms with Crippen molar-refractivity contribution in [2.24, 2.45) is 0 Å². The average Bonchev–Trinajstić information content (AvgIpc) is 2.45. The van der Waals surface area contributed by atoms with Gasteiger partial charge in [0.1, 0.15) is 6.07 Å². The molecule has 19 heavy (non-hydrogen) atoms. The molecule has 0 fully saturated rings. The van der Waals surface area contributed by atoms with Gasteiger partial charge in [0.15, 0.2) is 0 Å². The maximum Gasteiger partial charge on any atom is 0.101 e. The maximum atomic E-state index is 9.33. The first-order valence-corrected chi connectivity index (χ1v) is 7.25. The first-order valence-electron chi connectivity index (χ1n) is 7.25. The Morgan fingerprint density at radius 2 is 2.00 bits per heavy atom. The zero-order valence-electron chi connectivity index (χ0n) is 12.4. The van der Waals surface area contributed by atoms with Gasteiger partial charge in [-0.1, -0.05) is 19.9 Å². The van der Waals surface area contributed by atoms with E-state index in [1.54, 1.807) is 0 Å². The predicted octanol–water partition coefficient (Wildman–Crippen LogP) is 3.29. The molecular weight excluding hydrogens is 234 g/mol. The molecule has 3 heteroatoms. The minimum Gasteiger partial charge on any atom is -0.371 e. The lowest BCUT2D eigenvalue weighted by Gasteiger charge is -2.23. The van der Waals surface area contributed by atoms with Gasteiger partial charge in [-0.15, -0.1) is 0 Å². The van der Waals surface area contributed by atoms with Crippen molar-refractivity contribution in [2.45, 2.75) is 40.2 Å². The molecular formula is C16H25N3. The normalized spacial score (nSPS) is 10.2. The molecule has 0 amide bonds. The monoisotopic (exact) mass is 259 g/mol. The van der Waals surface area contributed by atoms with Crippen LogP contribution in [-0.2, 0) is 6.54 Å². The van der Waals surface area contributed by atoms with Crippen LogP contribution in [0, 0.1) is 11.3 Å². The number of anilines is 1. The van der Waals surface area contributed by atoms with Gasteiger partial charge in [-0.25, -0.2) is 0 Å². The fourth-order valence-corrected chi connectivity index (χ4v) is 2.19. The van der Waals surface area contributed by atoms with Gasteiger partial charge in [0.2, 0.25) is 0 Å². The number of hydrogen-bond donors (Lipinski definition) is 1. The molecule has 0 atom stereocenters. The van der Waals surface area contributed by atoms with Crippen LogP contribution in [0.2, 0.25) is 0 Å². The van der Waals surface area contributed by atoms with Gasteiger partial charge in [0, 0.05) is 19.6 Å². The van der Waals surface area contributed by atoms with Gasteiger partial charge in [0.05, 0.1) is 11.3 Å². The van der Waals surface area contributed by atoms with Gasteiger partial charge in [0.25, 0.3) is 0 Å². The van der Waals surface area contributed by atoms with Gasteiger partial charge in [-0.2, -0.15) is 5.26 Å². The van der Waals surface area contributed by atoms with E-state index in [2.05, 4.69) is 49.2 Å². The van der Waals surface area contributed by atoms with E-state index in [1.807, 2.05) is 6.07 Å². The van der Waals surface area contributed by atoms with Gasteiger partial charge in [-0.3, -0.25) is 0 Å². The Hall–Kier alpha value is -1.53. The summed E-state index contributed by atoms with van der Waals surface area (Å²) in [6.45, 7) is 10.2. The van der Waals surface area contributed by atoms with Crippen LogP contribution >= 0.6 is 0 Å². The second-order valence-corrected chi connectivity index (χ2v) is 4.72. The standard InChI is InChI=1S/C16H25N3/c1-4-9-18-13-14-7-8-16(15(11-14)12-17)19(6-3)10-5-2/h7-8,11,18H,4-6,9-10,13H2,1-3H3. The van der Waals surface area contributed by atoms with Crippen LogP contribution in [-0.4, -0.2) is 19.6 Å². The SMILES string of the molecule is CCCNCc1ccc(N(CC)CCC)c(C#N)c1. The molecule has 104 valence electrons. The maximum absolute atomic E-state index is 9.33. The predicted molar refractivity (Wildman–Crippen MR) is 81.3 cm³/mol. The molecule has 0 aromatic heterocycles. The molecule has 0 aliphatic carbocycles. The molecule has 0 saturated heterocycles. The molecule has 0 aliphatic heterocycles. The van der Waals surface area contributed by atoms with Crippen LogP contribution in [0.3, 0.4) is 0 Å². The first-order chi connectivity index (χ1) is 9.26. The summed E-state index contributed by atoms with van der Waals surface area (Å²) in [5.41, 5.74) is 3.03. The summed E-state index contributed by atoms with van der Waals surface area (Å²) in [7, 11) is 0. The molecule has 3 nitrogen and oxygen atoms in total. The van der Waals surface area contributed by atoms with E-state index in [4.69, 9.17) is 0 Å². The van der Waals surface area contributed by atoms with Crippen LogP contribution < -0.4 is 10.2 Å². The molecule has 0 spiro atoms. The van der Waals surface area contributed by atoms with Crippen molar-refractivity contribution in [3.63, 3.8) is 0 Å². The largest absolute Gasteiger partial charge is 0.371 e. The van der Waals surface area contributed by atoms with Crippen LogP contribution in [0.1, 0.15) is 44.7 Å². The van der Waals surface area contributed by atoms with Crippen LogP contribution in [0.5, 0.6) is 0 Å². The van der Waals surface area contributed by atoms with Crippen LogP contribution in [0.15, 0.2) is 18.2 Å². The highest BCUT2D eigenvalue weighted by atomic mass is 15.1. The Labute approximate surface area is 117 Å². The Kier molecular flexibility index (Phi) is 6.99. The molecule has 0 heterocycles. The van der Waals surface area contributed by atoms with E-state index >= 15 is 0 Å². The minimum atomic E-state index is 0.783. The molecule has 0 aliphatic rings. The lowest BCUT2D eigenvalue weighted by molar-refractivity contribution is 0.675. The summed E-state index contributed by atoms with van der Waals surface area (Å²) in [6, 6.07) is 8.55. The highest BCUT2D eigenvalue weighted by molar-refractivity contribution is 5.60. The Bertz CT molecular complexity index is 420. The van der Waals surface area contributed by atoms with E-state index in [1.165, 1.54) is 5.56 Å². The quantitative estimate of drug-likeness (QED) is 0.728. The van der Waals surface area contributed by atoms with E-state index < -0.39 is 0 Å². The second kappa shape index (κ2) is 8.55. The zero-order chi connectivity index (χ0) is 14.1. The van der Waals surface area contributed by atoms with E-state index in [0.717, 1.165) is 50.3 Å². The van der Waals surface area contributed by atoms with Crippen LogP contribution in [0.4, 0.5) is 5.69 Å². The number of nitrogens with one attached hydrogen (secondary N) is 1. The first kappa shape index (κ1) is 15.5. The molecule has 0 radical (unpaired) electrons. The number of hydrogen-bond acceptors (Lipinski definition) is 3. The second-order valence-electron chi connectivity index (χ2n) is 4.72. The summed E-state index contributed by atoms with van der Waals surface area (Å²) >= 11 is 0.